The Labute approximate surface area is 157 Å². The third-order valence-electron chi connectivity index (χ3n) is 6.58. The molecule has 4 unspecified atom stereocenters. The predicted octanol–water partition coefficient (Wildman–Crippen LogP) is 5.33. The first-order valence-corrected chi connectivity index (χ1v) is 9.80. The second-order valence-corrected chi connectivity index (χ2v) is 8.27. The zero-order chi connectivity index (χ0) is 18.9. The molecule has 3 heteroatoms. The monoisotopic (exact) mass is 353 g/mol. The van der Waals surface area contributed by atoms with Crippen molar-refractivity contribution in [2.75, 3.05) is 0 Å². The zero-order valence-corrected chi connectivity index (χ0v) is 16.6. The van der Waals surface area contributed by atoms with Crippen LogP contribution in [-0.2, 0) is 4.74 Å². The molecule has 0 bridgehead atoms. The van der Waals surface area contributed by atoms with Gasteiger partial charge in [0.15, 0.2) is 0 Å². The van der Waals surface area contributed by atoms with E-state index in [-0.39, 0.29) is 29.1 Å². The minimum Gasteiger partial charge on any atom is -0.458 e. The Morgan fingerprint density at radius 3 is 2.50 bits per heavy atom. The molecule has 0 aromatic heterocycles. The van der Waals surface area contributed by atoms with Crippen molar-refractivity contribution in [2.45, 2.75) is 71.1 Å². The van der Waals surface area contributed by atoms with Crippen LogP contribution in [0.1, 0.15) is 64.2 Å². The molecule has 1 fully saturated rings. The number of hydrogen-bond donors (Lipinski definition) is 1. The molecule has 0 aliphatic carbocycles. The third kappa shape index (κ3) is 3.37. The van der Waals surface area contributed by atoms with Crippen LogP contribution in [0.3, 0.4) is 0 Å². The van der Waals surface area contributed by atoms with Gasteiger partial charge in [-0.25, -0.2) is 4.79 Å². The van der Waals surface area contributed by atoms with E-state index in [1.807, 2.05) is 42.5 Å². The molecule has 1 N–H and O–H groups in total. The van der Waals surface area contributed by atoms with E-state index in [2.05, 4.69) is 39.9 Å². The fraction of sp³-hybridized carbons (Fsp3) is 0.522. The van der Waals surface area contributed by atoms with E-state index < -0.39 is 0 Å². The Morgan fingerprint density at radius 1 is 1.12 bits per heavy atom. The maximum Gasteiger partial charge on any atom is 0.339 e. The first-order chi connectivity index (χ1) is 12.3. The van der Waals surface area contributed by atoms with Crippen molar-refractivity contribution in [3.63, 3.8) is 0 Å². The van der Waals surface area contributed by atoms with Crippen molar-refractivity contribution in [3.05, 3.63) is 48.0 Å². The molecule has 2 aromatic carbocycles. The molecule has 0 spiro atoms. The molecule has 1 heterocycles. The summed E-state index contributed by atoms with van der Waals surface area (Å²) < 4.78 is 6.11. The molecule has 0 amide bonds. The Bertz CT molecular complexity index is 796. The van der Waals surface area contributed by atoms with E-state index in [0.717, 1.165) is 30.0 Å². The number of esters is 1. The number of ether oxygens (including phenoxy) is 1. The van der Waals surface area contributed by atoms with Gasteiger partial charge in [0.05, 0.1) is 5.56 Å². The largest absolute Gasteiger partial charge is 0.458 e. The molecule has 1 aliphatic rings. The van der Waals surface area contributed by atoms with Crippen LogP contribution in [0, 0.1) is 5.92 Å². The van der Waals surface area contributed by atoms with Crippen LogP contribution in [-0.4, -0.2) is 23.2 Å². The van der Waals surface area contributed by atoms with Gasteiger partial charge in [-0.05, 0) is 43.5 Å². The second-order valence-electron chi connectivity index (χ2n) is 8.27. The number of carbonyl (C=O) groups is 1. The Kier molecular flexibility index (Phi) is 5.12. The van der Waals surface area contributed by atoms with E-state index in [4.69, 9.17) is 4.74 Å². The normalized spacial score (nSPS) is 31.7. The summed E-state index contributed by atoms with van der Waals surface area (Å²) in [4.78, 5) is 13.0. The van der Waals surface area contributed by atoms with Gasteiger partial charge in [0.1, 0.15) is 6.10 Å². The highest BCUT2D eigenvalue weighted by molar-refractivity contribution is 6.04. The third-order valence-corrected chi connectivity index (χ3v) is 6.58. The van der Waals surface area contributed by atoms with E-state index in [0.29, 0.717) is 5.56 Å². The lowest BCUT2D eigenvalue weighted by Crippen LogP contribution is -2.66. The van der Waals surface area contributed by atoms with E-state index in [9.17, 15) is 4.79 Å². The van der Waals surface area contributed by atoms with Crippen LogP contribution in [0.15, 0.2) is 42.5 Å². The lowest BCUT2D eigenvalue weighted by Gasteiger charge is -2.52. The average Bonchev–Trinajstić information content (AvgIpc) is 2.65. The number of fused-ring (bicyclic) bond motifs is 1. The van der Waals surface area contributed by atoms with Crippen molar-refractivity contribution < 1.29 is 9.53 Å². The Balaban J connectivity index is 1.89. The van der Waals surface area contributed by atoms with Gasteiger partial charge in [-0.3, -0.25) is 0 Å². The molecular formula is C23H31NO2. The van der Waals surface area contributed by atoms with Crippen LogP contribution in [0.4, 0.5) is 0 Å². The maximum atomic E-state index is 13.0. The number of benzene rings is 2. The highest BCUT2D eigenvalue weighted by Gasteiger charge is 2.47. The van der Waals surface area contributed by atoms with Crippen LogP contribution in [0.5, 0.6) is 0 Å². The van der Waals surface area contributed by atoms with Crippen molar-refractivity contribution in [1.82, 2.24) is 5.32 Å². The average molecular weight is 354 g/mol. The van der Waals surface area contributed by atoms with Crippen LogP contribution in [0.25, 0.3) is 10.8 Å². The lowest BCUT2D eigenvalue weighted by molar-refractivity contribution is -0.0483. The number of nitrogens with one attached hydrogen (secondary N) is 1. The van der Waals surface area contributed by atoms with Gasteiger partial charge in [-0.1, -0.05) is 57.2 Å². The molecule has 0 saturated carbocycles. The highest BCUT2D eigenvalue weighted by Crippen LogP contribution is 2.39. The van der Waals surface area contributed by atoms with Gasteiger partial charge in [0, 0.05) is 23.4 Å². The predicted molar refractivity (Wildman–Crippen MR) is 107 cm³/mol. The van der Waals surface area contributed by atoms with Crippen molar-refractivity contribution in [2.24, 2.45) is 5.92 Å². The van der Waals surface area contributed by atoms with Gasteiger partial charge in [-0.2, -0.15) is 0 Å². The van der Waals surface area contributed by atoms with Crippen LogP contribution < -0.4 is 5.32 Å². The van der Waals surface area contributed by atoms with Crippen LogP contribution >= 0.6 is 0 Å². The van der Waals surface area contributed by atoms with Crippen LogP contribution in [0.2, 0.25) is 0 Å². The lowest BCUT2D eigenvalue weighted by atomic mass is 9.70. The van der Waals surface area contributed by atoms with E-state index in [1.54, 1.807) is 0 Å². The fourth-order valence-corrected chi connectivity index (χ4v) is 4.28. The van der Waals surface area contributed by atoms with Crippen molar-refractivity contribution >= 4 is 16.7 Å². The highest BCUT2D eigenvalue weighted by atomic mass is 16.5. The smallest absolute Gasteiger partial charge is 0.339 e. The van der Waals surface area contributed by atoms with Gasteiger partial charge >= 0.3 is 5.97 Å². The summed E-state index contributed by atoms with van der Waals surface area (Å²) in [7, 11) is 0. The zero-order valence-electron chi connectivity index (χ0n) is 16.6. The summed E-state index contributed by atoms with van der Waals surface area (Å²) in [5.74, 6) is 0.0449. The molecule has 4 atom stereocenters. The number of rotatable bonds is 4. The summed E-state index contributed by atoms with van der Waals surface area (Å²) in [6, 6.07) is 13.8. The molecule has 26 heavy (non-hydrogen) atoms. The number of piperidine rings is 1. The minimum atomic E-state index is -0.211. The van der Waals surface area contributed by atoms with E-state index in [1.165, 1.54) is 0 Å². The number of hydrogen-bond acceptors (Lipinski definition) is 3. The molecule has 0 radical (unpaired) electrons. The summed E-state index contributed by atoms with van der Waals surface area (Å²) >= 11 is 0. The first kappa shape index (κ1) is 18.9. The molecule has 1 saturated heterocycles. The quantitative estimate of drug-likeness (QED) is 0.755. The van der Waals surface area contributed by atoms with Crippen molar-refractivity contribution in [3.8, 4) is 0 Å². The Morgan fingerprint density at radius 2 is 1.81 bits per heavy atom. The molecule has 1 aliphatic heterocycles. The van der Waals surface area contributed by atoms with E-state index >= 15 is 0 Å². The summed E-state index contributed by atoms with van der Waals surface area (Å²) in [6.07, 6.45) is 2.78. The van der Waals surface area contributed by atoms with Gasteiger partial charge in [0.25, 0.3) is 0 Å². The minimum absolute atomic E-state index is 0.0129. The topological polar surface area (TPSA) is 38.3 Å². The summed E-state index contributed by atoms with van der Waals surface area (Å²) in [5.41, 5.74) is 0.610. The second kappa shape index (κ2) is 7.03. The Hall–Kier alpha value is -1.87. The fourth-order valence-electron chi connectivity index (χ4n) is 4.28. The summed E-state index contributed by atoms with van der Waals surface area (Å²) in [5, 5.41) is 5.86. The SMILES string of the molecule is CCC1(C)CC(OC(=O)c2cccc3ccccc23)C(C)C(C)(CC)N1. The molecule has 3 nitrogen and oxygen atoms in total. The molecule has 140 valence electrons. The van der Waals surface area contributed by atoms with Gasteiger partial charge < -0.3 is 10.1 Å². The first-order valence-electron chi connectivity index (χ1n) is 9.80. The number of carbonyl (C=O) groups excluding carboxylic acids is 1. The van der Waals surface area contributed by atoms with Gasteiger partial charge in [0.2, 0.25) is 0 Å². The molecule has 3 rings (SSSR count). The molecular weight excluding hydrogens is 322 g/mol. The standard InChI is InChI=1S/C23H31NO2/c1-6-22(4)15-20(16(3)23(5,7-2)24-22)26-21(25)19-14-10-12-17-11-8-9-13-18(17)19/h8-14,16,20,24H,6-7,15H2,1-5H3. The maximum absolute atomic E-state index is 13.0. The van der Waals surface area contributed by atoms with Crippen molar-refractivity contribution in [1.29, 1.82) is 0 Å². The van der Waals surface area contributed by atoms with Gasteiger partial charge in [-0.15, -0.1) is 0 Å². The molecule has 2 aromatic rings. The summed E-state index contributed by atoms with van der Waals surface area (Å²) in [6.45, 7) is 11.1.